The normalized spacial score (nSPS) is 10.8. The van der Waals surface area contributed by atoms with Gasteiger partial charge in [0.1, 0.15) is 0 Å². The Bertz CT molecular complexity index is 372. The Kier molecular flexibility index (Phi) is 2.44. The third-order valence-corrected chi connectivity index (χ3v) is 1.44. The molecule has 1 heterocycles. The van der Waals surface area contributed by atoms with Crippen molar-refractivity contribution >= 4 is 17.8 Å². The van der Waals surface area contributed by atoms with Crippen molar-refractivity contribution in [2.45, 2.75) is 0 Å². The van der Waals surface area contributed by atoms with Crippen molar-refractivity contribution in [3.8, 4) is 0 Å². The van der Waals surface area contributed by atoms with E-state index in [4.69, 9.17) is 16.8 Å². The molecule has 6 heteroatoms. The van der Waals surface area contributed by atoms with Crippen LogP contribution in [0.25, 0.3) is 0 Å². The fourth-order valence-corrected chi connectivity index (χ4v) is 0.980. The summed E-state index contributed by atoms with van der Waals surface area (Å²) in [5, 5.41) is 14.7. The number of halogens is 1. The molecule has 1 N–H and O–H groups in total. The van der Waals surface area contributed by atoms with Crippen molar-refractivity contribution < 1.29 is 5.21 Å². The van der Waals surface area contributed by atoms with Crippen molar-refractivity contribution in [3.05, 3.63) is 27.1 Å². The van der Waals surface area contributed by atoms with Crippen LogP contribution in [0.1, 0.15) is 5.56 Å². The average molecular weight is 188 g/mol. The zero-order chi connectivity index (χ0) is 9.14. The van der Waals surface area contributed by atoms with Crippen molar-refractivity contribution in [1.82, 2.24) is 9.78 Å². The lowest BCUT2D eigenvalue weighted by molar-refractivity contribution is 0.321. The van der Waals surface area contributed by atoms with Gasteiger partial charge in [0.05, 0.1) is 11.8 Å². The van der Waals surface area contributed by atoms with Crippen LogP contribution in [0.5, 0.6) is 0 Å². The molecule has 0 atom stereocenters. The number of hydrogen-bond donors (Lipinski definition) is 1. The van der Waals surface area contributed by atoms with Gasteiger partial charge in [-0.05, 0) is 6.07 Å². The molecule has 1 aromatic rings. The lowest BCUT2D eigenvalue weighted by Gasteiger charge is -1.97. The summed E-state index contributed by atoms with van der Waals surface area (Å²) in [6.45, 7) is 0. The third kappa shape index (κ3) is 1.62. The van der Waals surface area contributed by atoms with Crippen LogP contribution in [0.4, 0.5) is 0 Å². The minimum Gasteiger partial charge on any atom is -0.411 e. The predicted molar refractivity (Wildman–Crippen MR) is 43.9 cm³/mol. The van der Waals surface area contributed by atoms with Crippen molar-refractivity contribution in [3.63, 3.8) is 0 Å². The van der Waals surface area contributed by atoms with Gasteiger partial charge in [0.15, 0.2) is 5.15 Å². The van der Waals surface area contributed by atoms with Gasteiger partial charge >= 0.3 is 0 Å². The molecule has 1 aromatic heterocycles. The van der Waals surface area contributed by atoms with Crippen LogP contribution in [-0.2, 0) is 7.05 Å². The number of oxime groups is 1. The predicted octanol–water partition coefficient (Wildman–Crippen LogP) is 0.242. The topological polar surface area (TPSA) is 67.5 Å². The molecule has 12 heavy (non-hydrogen) atoms. The summed E-state index contributed by atoms with van der Waals surface area (Å²) in [6.07, 6.45) is 1.01. The van der Waals surface area contributed by atoms with Crippen LogP contribution in [0.2, 0.25) is 5.15 Å². The first kappa shape index (κ1) is 8.73. The molecule has 0 fully saturated rings. The van der Waals surface area contributed by atoms with Gasteiger partial charge in [-0.1, -0.05) is 16.8 Å². The Morgan fingerprint density at radius 2 is 2.50 bits per heavy atom. The van der Waals surface area contributed by atoms with E-state index in [1.807, 2.05) is 0 Å². The van der Waals surface area contributed by atoms with E-state index in [1.54, 1.807) is 0 Å². The summed E-state index contributed by atoms with van der Waals surface area (Å²) >= 11 is 5.54. The smallest absolute Gasteiger partial charge is 0.275 e. The summed E-state index contributed by atoms with van der Waals surface area (Å²) in [5.74, 6) is 0. The highest BCUT2D eigenvalue weighted by molar-refractivity contribution is 6.29. The van der Waals surface area contributed by atoms with E-state index >= 15 is 0 Å². The van der Waals surface area contributed by atoms with Crippen LogP contribution < -0.4 is 5.56 Å². The highest BCUT2D eigenvalue weighted by Gasteiger charge is 2.01. The minimum atomic E-state index is -0.364. The quantitative estimate of drug-likeness (QED) is 0.389. The highest BCUT2D eigenvalue weighted by atomic mass is 35.5. The molecule has 0 spiro atoms. The Balaban J connectivity index is 3.38. The van der Waals surface area contributed by atoms with Gasteiger partial charge in [-0.15, -0.1) is 0 Å². The second-order valence-corrected chi connectivity index (χ2v) is 2.48. The lowest BCUT2D eigenvalue weighted by atomic mass is 10.3. The Morgan fingerprint density at radius 3 is 3.08 bits per heavy atom. The molecular formula is C6H6ClN3O2. The molecule has 0 bridgehead atoms. The molecule has 64 valence electrons. The molecule has 0 aliphatic heterocycles. The molecule has 0 unspecified atom stereocenters. The van der Waals surface area contributed by atoms with E-state index in [0.29, 0.717) is 0 Å². The van der Waals surface area contributed by atoms with Crippen molar-refractivity contribution in [2.75, 3.05) is 0 Å². The SMILES string of the molecule is Cn1nc(Cl)cc(/C=N/O)c1=O. The highest BCUT2D eigenvalue weighted by Crippen LogP contribution is 2.00. The van der Waals surface area contributed by atoms with Gasteiger partial charge in [0, 0.05) is 7.05 Å². The second-order valence-electron chi connectivity index (χ2n) is 2.10. The number of rotatable bonds is 1. The summed E-state index contributed by atoms with van der Waals surface area (Å²) in [4.78, 5) is 11.2. The van der Waals surface area contributed by atoms with E-state index < -0.39 is 0 Å². The Morgan fingerprint density at radius 1 is 1.83 bits per heavy atom. The summed E-state index contributed by atoms with van der Waals surface area (Å²) in [7, 11) is 1.46. The molecule has 0 amide bonds. The zero-order valence-corrected chi connectivity index (χ0v) is 6.99. The fraction of sp³-hybridized carbons (Fsp3) is 0.167. The van der Waals surface area contributed by atoms with Gasteiger partial charge in [0.2, 0.25) is 0 Å². The van der Waals surface area contributed by atoms with Crippen LogP contribution in [0.3, 0.4) is 0 Å². The lowest BCUT2D eigenvalue weighted by Crippen LogP contribution is -2.23. The third-order valence-electron chi connectivity index (χ3n) is 1.26. The maximum Gasteiger partial charge on any atom is 0.275 e. The largest absolute Gasteiger partial charge is 0.411 e. The van der Waals surface area contributed by atoms with Crippen LogP contribution >= 0.6 is 11.6 Å². The van der Waals surface area contributed by atoms with Crippen molar-refractivity contribution in [2.24, 2.45) is 12.2 Å². The zero-order valence-electron chi connectivity index (χ0n) is 6.23. The number of aryl methyl sites for hydroxylation is 1. The summed E-state index contributed by atoms with van der Waals surface area (Å²) in [5.41, 5.74) is -0.169. The van der Waals surface area contributed by atoms with Crippen molar-refractivity contribution in [1.29, 1.82) is 0 Å². The first-order chi connectivity index (χ1) is 5.65. The first-order valence-corrected chi connectivity index (χ1v) is 3.44. The van der Waals surface area contributed by atoms with Crippen LogP contribution in [-0.4, -0.2) is 21.2 Å². The molecule has 0 saturated heterocycles. The number of aromatic nitrogens is 2. The standard InChI is InChI=1S/C6H6ClN3O2/c1-10-6(11)4(3-8-12)2-5(7)9-10/h2-3,12H,1H3/b8-3+. The molecular weight excluding hydrogens is 182 g/mol. The molecule has 1 rings (SSSR count). The van der Waals surface area contributed by atoms with Gasteiger partial charge in [-0.3, -0.25) is 4.79 Å². The Labute approximate surface area is 72.9 Å². The molecule has 0 radical (unpaired) electrons. The van der Waals surface area contributed by atoms with Gasteiger partial charge < -0.3 is 5.21 Å². The molecule has 0 aliphatic rings. The van der Waals surface area contributed by atoms with Crippen LogP contribution in [0.15, 0.2) is 16.0 Å². The number of nitrogens with zero attached hydrogens (tertiary/aromatic N) is 3. The maximum absolute atomic E-state index is 11.2. The number of hydrogen-bond acceptors (Lipinski definition) is 4. The van der Waals surface area contributed by atoms with Gasteiger partial charge in [-0.25, -0.2) is 4.68 Å². The fourth-order valence-electron chi connectivity index (χ4n) is 0.749. The average Bonchev–Trinajstić information content (AvgIpc) is 2.00. The second kappa shape index (κ2) is 3.36. The monoisotopic (exact) mass is 187 g/mol. The molecule has 5 nitrogen and oxygen atoms in total. The van der Waals surface area contributed by atoms with E-state index in [2.05, 4.69) is 10.3 Å². The summed E-state index contributed by atoms with van der Waals surface area (Å²) in [6, 6.07) is 1.32. The maximum atomic E-state index is 11.2. The van der Waals surface area contributed by atoms with Gasteiger partial charge in [-0.2, -0.15) is 5.10 Å². The van der Waals surface area contributed by atoms with E-state index in [-0.39, 0.29) is 16.3 Å². The molecule has 0 saturated carbocycles. The van der Waals surface area contributed by atoms with E-state index in [0.717, 1.165) is 10.9 Å². The molecule has 0 aliphatic carbocycles. The van der Waals surface area contributed by atoms with E-state index in [1.165, 1.54) is 13.1 Å². The van der Waals surface area contributed by atoms with E-state index in [9.17, 15) is 4.79 Å². The molecule has 0 aromatic carbocycles. The van der Waals surface area contributed by atoms with Gasteiger partial charge in [0.25, 0.3) is 5.56 Å². The summed E-state index contributed by atoms with van der Waals surface area (Å²) < 4.78 is 1.07. The first-order valence-electron chi connectivity index (χ1n) is 3.06. The Hall–Kier alpha value is -1.36. The minimum absolute atomic E-state index is 0.173. The van der Waals surface area contributed by atoms with Crippen LogP contribution in [0, 0.1) is 0 Å².